The van der Waals surface area contributed by atoms with Gasteiger partial charge in [-0.25, -0.2) is 18.3 Å². The summed E-state index contributed by atoms with van der Waals surface area (Å²) in [5, 5.41) is 0. The fourth-order valence-corrected chi connectivity index (χ4v) is 4.40. The Hall–Kier alpha value is 3.30. The van der Waals surface area contributed by atoms with Crippen molar-refractivity contribution in [1.82, 2.24) is 0 Å². The summed E-state index contributed by atoms with van der Waals surface area (Å²) in [5.74, 6) is 0. The van der Waals surface area contributed by atoms with Crippen molar-refractivity contribution in [1.29, 1.82) is 0 Å². The van der Waals surface area contributed by atoms with Gasteiger partial charge in [0, 0.05) is 0 Å². The Bertz CT molecular complexity index is 429. The molecule has 0 aliphatic heterocycles. The summed E-state index contributed by atoms with van der Waals surface area (Å²) in [6.07, 6.45) is 0. The second kappa shape index (κ2) is 9.56. The first-order valence-corrected chi connectivity index (χ1v) is 9.08. The van der Waals surface area contributed by atoms with Gasteiger partial charge in [-0.15, -0.1) is 0 Å². The zero-order valence-electron chi connectivity index (χ0n) is 12.7. The molecule has 0 rings (SSSR count). The van der Waals surface area contributed by atoms with E-state index >= 15 is 0 Å². The molecule has 0 fully saturated rings. The van der Waals surface area contributed by atoms with Crippen molar-refractivity contribution >= 4 is 115 Å². The van der Waals surface area contributed by atoms with E-state index in [1.807, 2.05) is 0 Å². The second-order valence-corrected chi connectivity index (χ2v) is 7.96. The van der Waals surface area contributed by atoms with Gasteiger partial charge >= 0.3 is 115 Å². The van der Waals surface area contributed by atoms with E-state index in [0.717, 1.165) is 0 Å². The van der Waals surface area contributed by atoms with E-state index in [0.29, 0.717) is 0 Å². The average molecular weight is 470 g/mol. The first kappa shape index (κ1) is 27.2. The standard InChI is InChI=1S/Ca.H6O13P4.Sr.4H/c;1-14(2,3)11-16(7,8)13-17(9,10)12-15(4,5)6;;;;;/h;(H,7,8)(H,9,10)(H2,1,2,3)(H2,4,5,6);;;;;/q+2;;+2;4*-1. The van der Waals surface area contributed by atoms with Gasteiger partial charge in [-0.3, -0.25) is 0 Å². The maximum absolute atomic E-state index is 10.7. The Morgan fingerprint density at radius 2 is 0.842 bits per heavy atom. The summed E-state index contributed by atoms with van der Waals surface area (Å²) < 4.78 is 50.9. The predicted octanol–water partition coefficient (Wildman–Crippen LogP) is -0.889. The number of hydrogen-bond donors (Lipinski definition) is 6. The molecule has 0 spiro atoms. The summed E-state index contributed by atoms with van der Waals surface area (Å²) in [6.45, 7) is 0. The van der Waals surface area contributed by atoms with Gasteiger partial charge in [0.05, 0.1) is 0 Å². The third-order valence-corrected chi connectivity index (χ3v) is 5.63. The van der Waals surface area contributed by atoms with Crippen LogP contribution in [-0.4, -0.2) is 113 Å². The summed E-state index contributed by atoms with van der Waals surface area (Å²) in [5.41, 5.74) is 0. The van der Waals surface area contributed by atoms with E-state index in [1.165, 1.54) is 0 Å². The molecule has 0 aromatic carbocycles. The van der Waals surface area contributed by atoms with Crippen molar-refractivity contribution in [2.24, 2.45) is 0 Å². The van der Waals surface area contributed by atoms with Gasteiger partial charge in [-0.05, 0) is 0 Å². The summed E-state index contributed by atoms with van der Waals surface area (Å²) in [4.78, 5) is 49.4. The number of phosphoric acid groups is 4. The molecule has 0 heterocycles. The molecule has 0 saturated carbocycles. The Kier molecular flexibility index (Phi) is 13.7. The minimum Gasteiger partial charge on any atom is -1.00 e. The van der Waals surface area contributed by atoms with Crippen molar-refractivity contribution < 1.29 is 66.3 Å². The molecule has 13 nitrogen and oxygen atoms in total. The molecule has 2 atom stereocenters. The van der Waals surface area contributed by atoms with Gasteiger partial charge in [-0.2, -0.15) is 12.9 Å². The molecule has 2 unspecified atom stereocenters. The third kappa shape index (κ3) is 17.5. The molecule has 19 heteroatoms. The van der Waals surface area contributed by atoms with Crippen molar-refractivity contribution in [3.8, 4) is 0 Å². The second-order valence-electron chi connectivity index (χ2n) is 2.16. The first-order chi connectivity index (χ1) is 7.12. The molecule has 6 N–H and O–H groups in total. The normalized spacial score (nSPS) is 18.4. The van der Waals surface area contributed by atoms with Gasteiger partial charge in [0.15, 0.2) is 0 Å². The molecular weight excluding hydrogens is 460 g/mol. The molecular formula is H10CaO13P4Sr. The van der Waals surface area contributed by atoms with Crippen LogP contribution in [0.3, 0.4) is 0 Å². The van der Waals surface area contributed by atoms with Crippen LogP contribution < -0.4 is 0 Å². The number of hydrogen-bond acceptors (Lipinski definition) is 7. The quantitative estimate of drug-likeness (QED) is 0.206. The molecule has 0 radical (unpaired) electrons. The maximum Gasteiger partial charge on any atom is 2.00 e. The van der Waals surface area contributed by atoms with Crippen molar-refractivity contribution in [3.05, 3.63) is 0 Å². The molecule has 0 saturated heterocycles. The zero-order valence-corrected chi connectivity index (χ0v) is 18.0. The van der Waals surface area contributed by atoms with E-state index in [9.17, 15) is 18.3 Å². The van der Waals surface area contributed by atoms with Gasteiger partial charge in [0.1, 0.15) is 0 Å². The van der Waals surface area contributed by atoms with Crippen LogP contribution in [0, 0.1) is 0 Å². The Balaban J connectivity index is -0.0000000853. The molecule has 0 aliphatic rings. The van der Waals surface area contributed by atoms with Gasteiger partial charge in [-0.1, -0.05) is 0 Å². The van der Waals surface area contributed by atoms with Crippen LogP contribution in [-0.2, 0) is 31.2 Å². The average Bonchev–Trinajstić information content (AvgIpc) is 1.65. The molecule has 0 aromatic rings. The molecule has 0 aromatic heterocycles. The van der Waals surface area contributed by atoms with Crippen LogP contribution in [0.1, 0.15) is 5.71 Å². The van der Waals surface area contributed by atoms with Crippen LogP contribution in [0.4, 0.5) is 0 Å². The van der Waals surface area contributed by atoms with Crippen LogP contribution in [0.2, 0.25) is 0 Å². The van der Waals surface area contributed by atoms with E-state index < -0.39 is 31.3 Å². The topological polar surface area (TPSA) is 217 Å². The van der Waals surface area contributed by atoms with Gasteiger partial charge in [0.2, 0.25) is 0 Å². The molecule has 0 bridgehead atoms. The Morgan fingerprint density at radius 3 is 1.00 bits per heavy atom. The van der Waals surface area contributed by atoms with Crippen molar-refractivity contribution in [3.63, 3.8) is 0 Å². The van der Waals surface area contributed by atoms with E-state index in [1.54, 1.807) is 0 Å². The first-order valence-electron chi connectivity index (χ1n) is 3.03. The smallest absolute Gasteiger partial charge is 1.00 e. The molecule has 112 valence electrons. The van der Waals surface area contributed by atoms with Crippen LogP contribution >= 0.6 is 31.3 Å². The van der Waals surface area contributed by atoms with E-state index in [-0.39, 0.29) is 88.9 Å². The molecule has 19 heavy (non-hydrogen) atoms. The van der Waals surface area contributed by atoms with Crippen LogP contribution in [0.15, 0.2) is 0 Å². The number of rotatable bonds is 6. The fourth-order valence-electron chi connectivity index (χ4n) is 0.429. The van der Waals surface area contributed by atoms with E-state index in [2.05, 4.69) is 12.9 Å². The van der Waals surface area contributed by atoms with Crippen molar-refractivity contribution in [2.75, 3.05) is 0 Å². The Labute approximate surface area is 178 Å². The summed E-state index contributed by atoms with van der Waals surface area (Å²) in [7, 11) is -22.6. The molecule has 0 amide bonds. The predicted molar refractivity (Wildman–Crippen MR) is 62.9 cm³/mol. The van der Waals surface area contributed by atoms with Crippen LogP contribution in [0.5, 0.6) is 0 Å². The summed E-state index contributed by atoms with van der Waals surface area (Å²) in [6, 6.07) is 0. The Morgan fingerprint density at radius 1 is 0.632 bits per heavy atom. The maximum atomic E-state index is 10.7. The third-order valence-electron chi connectivity index (χ3n) is 0.625. The van der Waals surface area contributed by atoms with Gasteiger partial charge in [0.25, 0.3) is 0 Å². The van der Waals surface area contributed by atoms with E-state index in [4.69, 9.17) is 29.4 Å². The minimum atomic E-state index is -5.77. The fraction of sp³-hybridized carbons (Fsp3) is 0. The SMILES string of the molecule is O=P(O)(O)OP(=O)(O)OP(=O)(O)OP(=O)(O)O.[Ca+2].[H-].[H-].[H-].[H-].[Sr+2]. The minimum absolute atomic E-state index is 0. The van der Waals surface area contributed by atoms with Crippen LogP contribution in [0.25, 0.3) is 0 Å². The van der Waals surface area contributed by atoms with Crippen molar-refractivity contribution in [2.45, 2.75) is 0 Å². The summed E-state index contributed by atoms with van der Waals surface area (Å²) >= 11 is 0. The van der Waals surface area contributed by atoms with Gasteiger partial charge < -0.3 is 35.1 Å². The monoisotopic (exact) mass is 470 g/mol. The largest absolute Gasteiger partial charge is 2.00 e. The zero-order chi connectivity index (χ0) is 14.1. The molecule has 0 aliphatic carbocycles.